The van der Waals surface area contributed by atoms with Crippen molar-refractivity contribution in [3.8, 4) is 0 Å². The number of rotatable bonds is 5. The summed E-state index contributed by atoms with van der Waals surface area (Å²) in [6, 6.07) is 8.87. The highest BCUT2D eigenvalue weighted by Gasteiger charge is 2.34. The third-order valence-electron chi connectivity index (χ3n) is 4.13. The van der Waals surface area contributed by atoms with Crippen molar-refractivity contribution in [3.05, 3.63) is 64.2 Å². The average molecular weight is 409 g/mol. The summed E-state index contributed by atoms with van der Waals surface area (Å²) in [5.74, 6) is 0.151. The summed E-state index contributed by atoms with van der Waals surface area (Å²) in [7, 11) is -3.83. The van der Waals surface area contributed by atoms with Crippen LogP contribution in [0.4, 0.5) is 4.39 Å². The van der Waals surface area contributed by atoms with E-state index in [1.54, 1.807) is 11.3 Å². The van der Waals surface area contributed by atoms with Crippen molar-refractivity contribution in [1.29, 1.82) is 0 Å². The van der Waals surface area contributed by atoms with Crippen molar-refractivity contribution < 1.29 is 22.1 Å². The number of ether oxygens (including phenoxy) is 1. The van der Waals surface area contributed by atoms with Gasteiger partial charge in [0.05, 0.1) is 11.5 Å². The van der Waals surface area contributed by atoms with E-state index in [0.717, 1.165) is 10.9 Å². The molecule has 0 N–H and O–H groups in total. The van der Waals surface area contributed by atoms with E-state index < -0.39 is 21.9 Å². The largest absolute Gasteiger partial charge is 0.366 e. The van der Waals surface area contributed by atoms with Gasteiger partial charge in [-0.25, -0.2) is 12.8 Å². The SMILES string of the molecule is O=S(=O)(c1cccc(F)c1)N1CCO[C@@H](c2nc(Cc3cccs3)no2)C1. The number of morpholine rings is 1. The predicted molar refractivity (Wildman–Crippen MR) is 95.3 cm³/mol. The number of hydrogen-bond acceptors (Lipinski definition) is 7. The summed E-state index contributed by atoms with van der Waals surface area (Å²) in [4.78, 5) is 5.34. The van der Waals surface area contributed by atoms with Crippen LogP contribution in [0, 0.1) is 5.82 Å². The Morgan fingerprint density at radius 2 is 2.19 bits per heavy atom. The number of nitrogens with zero attached hydrogens (tertiary/aromatic N) is 3. The standard InChI is InChI=1S/C17H16FN3O4S2/c18-12-3-1-5-14(9-12)27(22,23)21-6-7-24-15(11-21)17-19-16(20-25-17)10-13-4-2-8-26-13/h1-5,8-9,15H,6-7,10-11H2/t15-/m1/s1. The number of benzene rings is 1. The summed E-state index contributed by atoms with van der Waals surface area (Å²) in [5.41, 5.74) is 0. The van der Waals surface area contributed by atoms with Crippen LogP contribution in [0.3, 0.4) is 0 Å². The van der Waals surface area contributed by atoms with Crippen LogP contribution in [0.15, 0.2) is 51.2 Å². The lowest BCUT2D eigenvalue weighted by Crippen LogP contribution is -2.42. The first kappa shape index (κ1) is 18.2. The molecule has 7 nitrogen and oxygen atoms in total. The molecule has 3 heterocycles. The molecule has 142 valence electrons. The fraction of sp³-hybridized carbons (Fsp3) is 0.294. The summed E-state index contributed by atoms with van der Waals surface area (Å²) >= 11 is 1.59. The van der Waals surface area contributed by atoms with Gasteiger partial charge in [0.25, 0.3) is 5.89 Å². The zero-order valence-electron chi connectivity index (χ0n) is 14.1. The monoisotopic (exact) mass is 409 g/mol. The Bertz CT molecular complexity index is 1020. The lowest BCUT2D eigenvalue weighted by Gasteiger charge is -2.30. The van der Waals surface area contributed by atoms with Gasteiger partial charge in [-0.2, -0.15) is 9.29 Å². The third-order valence-corrected chi connectivity index (χ3v) is 6.87. The van der Waals surface area contributed by atoms with E-state index >= 15 is 0 Å². The Morgan fingerprint density at radius 1 is 1.30 bits per heavy atom. The van der Waals surface area contributed by atoms with Crippen LogP contribution in [0.2, 0.25) is 0 Å². The molecule has 0 unspecified atom stereocenters. The van der Waals surface area contributed by atoms with E-state index in [9.17, 15) is 12.8 Å². The normalized spacial score (nSPS) is 18.6. The molecule has 0 spiro atoms. The fourth-order valence-electron chi connectivity index (χ4n) is 2.81. The maximum atomic E-state index is 13.4. The molecule has 0 amide bonds. The van der Waals surface area contributed by atoms with Crippen LogP contribution < -0.4 is 0 Å². The molecule has 27 heavy (non-hydrogen) atoms. The first-order chi connectivity index (χ1) is 13.0. The molecule has 0 saturated carbocycles. The molecule has 3 aromatic rings. The fourth-order valence-corrected chi connectivity index (χ4v) is 4.97. The van der Waals surface area contributed by atoms with Crippen molar-refractivity contribution in [2.45, 2.75) is 17.4 Å². The van der Waals surface area contributed by atoms with Gasteiger partial charge >= 0.3 is 0 Å². The molecule has 0 aliphatic carbocycles. The van der Waals surface area contributed by atoms with E-state index in [-0.39, 0.29) is 30.5 Å². The van der Waals surface area contributed by atoms with Gasteiger partial charge in [-0.1, -0.05) is 17.3 Å². The van der Waals surface area contributed by atoms with Gasteiger partial charge in [-0.15, -0.1) is 11.3 Å². The Balaban J connectivity index is 1.50. The highest BCUT2D eigenvalue weighted by atomic mass is 32.2. The second-order valence-electron chi connectivity index (χ2n) is 5.98. The summed E-state index contributed by atoms with van der Waals surface area (Å²) < 4.78 is 51.1. The Morgan fingerprint density at radius 3 is 2.96 bits per heavy atom. The predicted octanol–water partition coefficient (Wildman–Crippen LogP) is 2.62. The van der Waals surface area contributed by atoms with Crippen molar-refractivity contribution in [2.75, 3.05) is 19.7 Å². The van der Waals surface area contributed by atoms with E-state index in [4.69, 9.17) is 9.26 Å². The van der Waals surface area contributed by atoms with Crippen LogP contribution >= 0.6 is 11.3 Å². The zero-order chi connectivity index (χ0) is 18.9. The second-order valence-corrected chi connectivity index (χ2v) is 8.96. The van der Waals surface area contributed by atoms with E-state index in [2.05, 4.69) is 10.1 Å². The second kappa shape index (κ2) is 7.47. The van der Waals surface area contributed by atoms with Crippen LogP contribution in [0.5, 0.6) is 0 Å². The minimum atomic E-state index is -3.83. The third kappa shape index (κ3) is 3.93. The molecular weight excluding hydrogens is 393 g/mol. The van der Waals surface area contributed by atoms with Gasteiger partial charge < -0.3 is 9.26 Å². The van der Waals surface area contributed by atoms with E-state index in [0.29, 0.717) is 12.2 Å². The van der Waals surface area contributed by atoms with Gasteiger partial charge in [0.15, 0.2) is 11.9 Å². The minimum absolute atomic E-state index is 0.0273. The number of halogens is 1. The van der Waals surface area contributed by atoms with Crippen LogP contribution in [-0.2, 0) is 21.2 Å². The van der Waals surface area contributed by atoms with Crippen LogP contribution in [0.25, 0.3) is 0 Å². The van der Waals surface area contributed by atoms with E-state index in [1.807, 2.05) is 17.5 Å². The van der Waals surface area contributed by atoms with Gasteiger partial charge in [0.1, 0.15) is 5.82 Å². The maximum Gasteiger partial charge on any atom is 0.257 e. The summed E-state index contributed by atoms with van der Waals surface area (Å²) in [5, 5.41) is 5.91. The Hall–Kier alpha value is -2.14. The maximum absolute atomic E-state index is 13.4. The van der Waals surface area contributed by atoms with Crippen LogP contribution in [-0.4, -0.2) is 42.6 Å². The first-order valence-electron chi connectivity index (χ1n) is 8.24. The molecule has 4 rings (SSSR count). The number of aromatic nitrogens is 2. The lowest BCUT2D eigenvalue weighted by atomic mass is 10.3. The molecule has 2 aromatic heterocycles. The molecule has 1 saturated heterocycles. The molecule has 10 heteroatoms. The molecule has 0 radical (unpaired) electrons. The molecule has 1 aliphatic rings. The molecule has 1 aromatic carbocycles. The van der Waals surface area contributed by atoms with Gasteiger partial charge in [0.2, 0.25) is 10.0 Å². The molecular formula is C17H16FN3O4S2. The van der Waals surface area contributed by atoms with Gasteiger partial charge in [0, 0.05) is 24.4 Å². The molecule has 1 fully saturated rings. The van der Waals surface area contributed by atoms with Crippen LogP contribution in [0.1, 0.15) is 22.7 Å². The molecule has 0 bridgehead atoms. The first-order valence-corrected chi connectivity index (χ1v) is 10.6. The highest BCUT2D eigenvalue weighted by Crippen LogP contribution is 2.26. The van der Waals surface area contributed by atoms with Gasteiger partial charge in [-0.3, -0.25) is 0 Å². The van der Waals surface area contributed by atoms with Crippen molar-refractivity contribution in [2.24, 2.45) is 0 Å². The van der Waals surface area contributed by atoms with Gasteiger partial charge in [-0.05, 0) is 29.6 Å². The Labute approximate surface area is 159 Å². The number of sulfonamides is 1. The molecule has 1 aliphatic heterocycles. The highest BCUT2D eigenvalue weighted by molar-refractivity contribution is 7.89. The molecule has 1 atom stereocenters. The lowest BCUT2D eigenvalue weighted by molar-refractivity contribution is -0.0199. The summed E-state index contributed by atoms with van der Waals surface area (Å²) in [6.45, 7) is 0.382. The Kier molecular flexibility index (Phi) is 5.04. The van der Waals surface area contributed by atoms with Crippen molar-refractivity contribution in [1.82, 2.24) is 14.4 Å². The van der Waals surface area contributed by atoms with E-state index in [1.165, 1.54) is 22.5 Å². The smallest absolute Gasteiger partial charge is 0.257 e. The minimum Gasteiger partial charge on any atom is -0.366 e. The summed E-state index contributed by atoms with van der Waals surface area (Å²) in [6.07, 6.45) is -0.120. The number of thiophene rings is 1. The average Bonchev–Trinajstić information content (AvgIpc) is 3.34. The van der Waals surface area contributed by atoms with Crippen molar-refractivity contribution in [3.63, 3.8) is 0 Å². The number of hydrogen-bond donors (Lipinski definition) is 0. The van der Waals surface area contributed by atoms with Crippen molar-refractivity contribution >= 4 is 21.4 Å². The zero-order valence-corrected chi connectivity index (χ0v) is 15.7. The quantitative estimate of drug-likeness (QED) is 0.644. The topological polar surface area (TPSA) is 85.5 Å².